The number of nitrogens with one attached hydrogen (secondary N) is 1. The quantitative estimate of drug-likeness (QED) is 0.792. The van der Waals surface area contributed by atoms with E-state index in [1.165, 1.54) is 0 Å². The van der Waals surface area contributed by atoms with Crippen LogP contribution in [0.15, 0.2) is 54.6 Å². The second-order valence-corrected chi connectivity index (χ2v) is 7.60. The summed E-state index contributed by atoms with van der Waals surface area (Å²) in [4.78, 5) is 12.0. The third kappa shape index (κ3) is 5.70. The molecule has 2 aromatic carbocycles. The van der Waals surface area contributed by atoms with Crippen molar-refractivity contribution in [1.82, 2.24) is 5.32 Å². The van der Waals surface area contributed by atoms with Gasteiger partial charge in [0.1, 0.15) is 5.75 Å². The number of hydrogen-bond donors (Lipinski definition) is 1. The Balaban J connectivity index is 1.82. The first-order valence-electron chi connectivity index (χ1n) is 7.63. The summed E-state index contributed by atoms with van der Waals surface area (Å²) in [6.07, 6.45) is 0.156. The summed E-state index contributed by atoms with van der Waals surface area (Å²) >= 11 is 0. The van der Waals surface area contributed by atoms with Crippen LogP contribution in [0.5, 0.6) is 5.75 Å². The van der Waals surface area contributed by atoms with Gasteiger partial charge in [-0.05, 0) is 11.6 Å². The second kappa shape index (κ2) is 8.49. The Bertz CT molecular complexity index is 773. The number of rotatable bonds is 8. The molecule has 0 unspecified atom stereocenters. The molecule has 0 aliphatic heterocycles. The number of hydrogen-bond acceptors (Lipinski definition) is 4. The molecule has 0 aromatic heterocycles. The SMILES string of the molecule is COc1ccccc1CC(=O)NCCS(=O)(=O)Cc1ccccc1. The molecule has 1 N–H and O–H groups in total. The number of carbonyl (C=O) groups is 1. The van der Waals surface area contributed by atoms with E-state index in [1.807, 2.05) is 24.3 Å². The Labute approximate surface area is 142 Å². The van der Waals surface area contributed by atoms with E-state index in [-0.39, 0.29) is 30.4 Å². The smallest absolute Gasteiger partial charge is 0.224 e. The van der Waals surface area contributed by atoms with Gasteiger partial charge in [0.25, 0.3) is 0 Å². The van der Waals surface area contributed by atoms with Crippen LogP contribution in [-0.2, 0) is 26.8 Å². The van der Waals surface area contributed by atoms with Gasteiger partial charge in [0, 0.05) is 12.1 Å². The minimum Gasteiger partial charge on any atom is -0.496 e. The van der Waals surface area contributed by atoms with Gasteiger partial charge in [-0.1, -0.05) is 48.5 Å². The maximum atomic E-state index is 12.1. The fourth-order valence-corrected chi connectivity index (χ4v) is 3.59. The number of benzene rings is 2. The normalized spacial score (nSPS) is 11.0. The van der Waals surface area contributed by atoms with Crippen LogP contribution in [0.25, 0.3) is 0 Å². The summed E-state index contributed by atoms with van der Waals surface area (Å²) in [7, 11) is -1.71. The zero-order valence-electron chi connectivity index (χ0n) is 13.6. The Morgan fingerprint density at radius 2 is 1.71 bits per heavy atom. The first kappa shape index (κ1) is 18.0. The molecule has 0 radical (unpaired) electrons. The van der Waals surface area contributed by atoms with Gasteiger partial charge in [-0.15, -0.1) is 0 Å². The van der Waals surface area contributed by atoms with E-state index < -0.39 is 9.84 Å². The van der Waals surface area contributed by atoms with Crippen LogP contribution in [-0.4, -0.2) is 33.7 Å². The molecule has 0 heterocycles. The van der Waals surface area contributed by atoms with E-state index in [1.54, 1.807) is 37.4 Å². The van der Waals surface area contributed by atoms with Crippen LogP contribution < -0.4 is 10.1 Å². The summed E-state index contributed by atoms with van der Waals surface area (Å²) in [5.41, 5.74) is 1.52. The molecule has 0 fully saturated rings. The molecular weight excluding hydrogens is 326 g/mol. The largest absolute Gasteiger partial charge is 0.496 e. The highest BCUT2D eigenvalue weighted by atomic mass is 32.2. The van der Waals surface area contributed by atoms with E-state index in [9.17, 15) is 13.2 Å². The van der Waals surface area contributed by atoms with Crippen LogP contribution in [0.3, 0.4) is 0 Å². The molecule has 1 amide bonds. The molecule has 0 saturated heterocycles. The molecule has 2 aromatic rings. The summed E-state index contributed by atoms with van der Waals surface area (Å²) in [5.74, 6) is 0.314. The van der Waals surface area contributed by atoms with E-state index in [0.29, 0.717) is 5.75 Å². The van der Waals surface area contributed by atoms with Crippen molar-refractivity contribution in [3.05, 3.63) is 65.7 Å². The first-order chi connectivity index (χ1) is 11.5. The maximum absolute atomic E-state index is 12.1. The number of methoxy groups -OCH3 is 1. The van der Waals surface area contributed by atoms with E-state index in [2.05, 4.69) is 5.32 Å². The average Bonchev–Trinajstić information content (AvgIpc) is 2.55. The van der Waals surface area contributed by atoms with E-state index in [4.69, 9.17) is 4.74 Å². The molecule has 2 rings (SSSR count). The van der Waals surface area contributed by atoms with Gasteiger partial charge in [0.05, 0.1) is 25.0 Å². The first-order valence-corrected chi connectivity index (χ1v) is 9.45. The number of para-hydroxylation sites is 1. The Kier molecular flexibility index (Phi) is 6.37. The minimum atomic E-state index is -3.26. The highest BCUT2D eigenvalue weighted by Gasteiger charge is 2.13. The number of carbonyl (C=O) groups excluding carboxylic acids is 1. The lowest BCUT2D eigenvalue weighted by molar-refractivity contribution is -0.120. The van der Waals surface area contributed by atoms with Crippen molar-refractivity contribution in [2.45, 2.75) is 12.2 Å². The fraction of sp³-hybridized carbons (Fsp3) is 0.278. The minimum absolute atomic E-state index is 0.0176. The lowest BCUT2D eigenvalue weighted by Crippen LogP contribution is -2.30. The standard InChI is InChI=1S/C18H21NO4S/c1-23-17-10-6-5-9-16(17)13-18(20)19-11-12-24(21,22)14-15-7-3-2-4-8-15/h2-10H,11-14H2,1H3,(H,19,20). The zero-order chi connectivity index (χ0) is 17.4. The van der Waals surface area contributed by atoms with Gasteiger partial charge in [-0.25, -0.2) is 8.42 Å². The van der Waals surface area contributed by atoms with Crippen molar-refractivity contribution in [3.63, 3.8) is 0 Å². The van der Waals surface area contributed by atoms with Crippen molar-refractivity contribution < 1.29 is 17.9 Å². The molecule has 0 bridgehead atoms. The van der Waals surface area contributed by atoms with Crippen LogP contribution in [0.4, 0.5) is 0 Å². The van der Waals surface area contributed by atoms with Crippen molar-refractivity contribution in [1.29, 1.82) is 0 Å². The topological polar surface area (TPSA) is 72.5 Å². The summed E-state index contributed by atoms with van der Waals surface area (Å²) in [5, 5.41) is 2.65. The molecule has 6 heteroatoms. The molecular formula is C18H21NO4S. The number of ether oxygens (including phenoxy) is 1. The van der Waals surface area contributed by atoms with Crippen molar-refractivity contribution in [3.8, 4) is 5.75 Å². The predicted molar refractivity (Wildman–Crippen MR) is 93.6 cm³/mol. The van der Waals surface area contributed by atoms with Crippen molar-refractivity contribution in [2.24, 2.45) is 0 Å². The number of amides is 1. The van der Waals surface area contributed by atoms with Crippen LogP contribution in [0.1, 0.15) is 11.1 Å². The zero-order valence-corrected chi connectivity index (χ0v) is 14.4. The van der Waals surface area contributed by atoms with Crippen LogP contribution >= 0.6 is 0 Å². The highest BCUT2D eigenvalue weighted by Crippen LogP contribution is 2.17. The predicted octanol–water partition coefficient (Wildman–Crippen LogP) is 1.97. The maximum Gasteiger partial charge on any atom is 0.224 e. The third-order valence-corrected chi connectivity index (χ3v) is 5.11. The molecule has 0 atom stereocenters. The van der Waals surface area contributed by atoms with Crippen LogP contribution in [0.2, 0.25) is 0 Å². The highest BCUT2D eigenvalue weighted by molar-refractivity contribution is 7.90. The summed E-state index contributed by atoms with van der Waals surface area (Å²) in [6.45, 7) is 0.100. The van der Waals surface area contributed by atoms with Gasteiger partial charge < -0.3 is 10.1 Å². The second-order valence-electron chi connectivity index (χ2n) is 5.42. The van der Waals surface area contributed by atoms with Crippen molar-refractivity contribution >= 4 is 15.7 Å². The monoisotopic (exact) mass is 347 g/mol. The van der Waals surface area contributed by atoms with Gasteiger partial charge >= 0.3 is 0 Å². The summed E-state index contributed by atoms with van der Waals surface area (Å²) < 4.78 is 29.3. The lowest BCUT2D eigenvalue weighted by Gasteiger charge is -2.09. The van der Waals surface area contributed by atoms with E-state index >= 15 is 0 Å². The van der Waals surface area contributed by atoms with Gasteiger partial charge in [0.2, 0.25) is 5.91 Å². The lowest BCUT2D eigenvalue weighted by atomic mass is 10.1. The third-order valence-electron chi connectivity index (χ3n) is 3.51. The molecule has 0 aliphatic rings. The van der Waals surface area contributed by atoms with Crippen molar-refractivity contribution in [2.75, 3.05) is 19.4 Å². The molecule has 0 aliphatic carbocycles. The molecule has 0 spiro atoms. The molecule has 24 heavy (non-hydrogen) atoms. The fourth-order valence-electron chi connectivity index (χ4n) is 2.33. The molecule has 0 saturated carbocycles. The molecule has 5 nitrogen and oxygen atoms in total. The molecule has 128 valence electrons. The van der Waals surface area contributed by atoms with E-state index in [0.717, 1.165) is 11.1 Å². The van der Waals surface area contributed by atoms with Gasteiger partial charge in [-0.2, -0.15) is 0 Å². The Morgan fingerprint density at radius 1 is 1.04 bits per heavy atom. The van der Waals surface area contributed by atoms with Crippen LogP contribution in [0, 0.1) is 0 Å². The number of sulfone groups is 1. The van der Waals surface area contributed by atoms with Gasteiger partial charge in [-0.3, -0.25) is 4.79 Å². The Morgan fingerprint density at radius 3 is 2.42 bits per heavy atom. The average molecular weight is 347 g/mol. The Hall–Kier alpha value is -2.34. The van der Waals surface area contributed by atoms with Gasteiger partial charge in [0.15, 0.2) is 9.84 Å². The summed E-state index contributed by atoms with van der Waals surface area (Å²) in [6, 6.07) is 16.3.